The van der Waals surface area contributed by atoms with E-state index in [1.807, 2.05) is 36.1 Å². The van der Waals surface area contributed by atoms with Gasteiger partial charge in [-0.15, -0.1) is 22.7 Å². The van der Waals surface area contributed by atoms with Gasteiger partial charge in [0.1, 0.15) is 11.9 Å². The Morgan fingerprint density at radius 3 is 2.89 bits per heavy atom. The molecule has 1 saturated carbocycles. The van der Waals surface area contributed by atoms with Gasteiger partial charge in [0.2, 0.25) is 0 Å². The second kappa shape index (κ2) is 9.06. The number of hydrogen-bond acceptors (Lipinski definition) is 6. The zero-order valence-corrected chi connectivity index (χ0v) is 21.6. The molecule has 3 aromatic heterocycles. The van der Waals surface area contributed by atoms with Crippen LogP contribution in [-0.4, -0.2) is 47.4 Å². The van der Waals surface area contributed by atoms with Crippen LogP contribution in [0.15, 0.2) is 24.4 Å². The molecule has 0 spiro atoms. The van der Waals surface area contributed by atoms with Crippen LogP contribution in [0.25, 0.3) is 16.3 Å². The first-order valence-corrected chi connectivity index (χ1v) is 14.0. The lowest BCUT2D eigenvalue weighted by molar-refractivity contribution is 0.0792. The van der Waals surface area contributed by atoms with Crippen molar-refractivity contribution >= 4 is 50.8 Å². The molecule has 2 atom stereocenters. The maximum Gasteiger partial charge on any atom is 0.264 e. The molecule has 6 rings (SSSR count). The number of carbonyl (C=O) groups is 2. The molecule has 0 bridgehead atoms. The molecule has 0 radical (unpaired) electrons. The highest BCUT2D eigenvalue weighted by Gasteiger charge is 2.29. The number of nitrogens with zero attached hydrogens (tertiary/aromatic N) is 2. The number of ether oxygens (including phenoxy) is 1. The molecule has 0 aromatic carbocycles. The summed E-state index contributed by atoms with van der Waals surface area (Å²) in [5.41, 5.74) is 2.64. The minimum absolute atomic E-state index is 0.0370. The largest absolute Gasteiger partial charge is 0.484 e. The molecule has 2 unspecified atom stereocenters. The third-order valence-electron chi connectivity index (χ3n) is 7.11. The highest BCUT2D eigenvalue weighted by molar-refractivity contribution is 7.21. The number of fused-ring (bicyclic) bond motifs is 2. The standard InChI is InChI=1S/C27H29N3O3S2/c1-15-8-10-30(14-15)27(32)23-12-20-25(35-23)21(7-9-28-20)33-18-5-6-19-22(11-18)34-16(2)24(19)26(31)29-13-17-3-4-17/h5-7,9,12,15,17-18H,3-4,8,10-11,13-14H2,1-2H3,(H,29,31). The molecular weight excluding hydrogens is 478 g/mol. The Kier molecular flexibility index (Phi) is 5.89. The molecule has 6 nitrogen and oxygen atoms in total. The van der Waals surface area contributed by atoms with Gasteiger partial charge >= 0.3 is 0 Å². The number of thiophene rings is 2. The first-order chi connectivity index (χ1) is 17.0. The average molecular weight is 508 g/mol. The second-order valence-corrected chi connectivity index (χ2v) is 12.4. The number of amides is 2. The molecule has 3 aromatic rings. The summed E-state index contributed by atoms with van der Waals surface area (Å²) >= 11 is 3.15. The SMILES string of the molecule is Cc1sc2c(c1C(=O)NCC1CC1)C=CC(Oc1ccnc3cc(C(=O)N4CCC(C)C4)sc13)C2. The van der Waals surface area contributed by atoms with Crippen molar-refractivity contribution in [3.63, 3.8) is 0 Å². The lowest BCUT2D eigenvalue weighted by Crippen LogP contribution is -2.27. The molecule has 3 aliphatic rings. The van der Waals surface area contributed by atoms with E-state index in [9.17, 15) is 9.59 Å². The molecular formula is C27H29N3O3S2. The van der Waals surface area contributed by atoms with Crippen molar-refractivity contribution < 1.29 is 14.3 Å². The Labute approximate surface area is 213 Å². The highest BCUT2D eigenvalue weighted by atomic mass is 32.1. The number of aryl methyl sites for hydroxylation is 1. The smallest absolute Gasteiger partial charge is 0.264 e. The van der Waals surface area contributed by atoms with Gasteiger partial charge in [-0.05, 0) is 50.2 Å². The van der Waals surface area contributed by atoms with E-state index in [4.69, 9.17) is 4.74 Å². The number of pyridine rings is 1. The fourth-order valence-electron chi connectivity index (χ4n) is 4.96. The van der Waals surface area contributed by atoms with E-state index < -0.39 is 0 Å². The van der Waals surface area contributed by atoms with Gasteiger partial charge in [-0.2, -0.15) is 0 Å². The second-order valence-electron chi connectivity index (χ2n) is 10.0. The molecule has 8 heteroatoms. The molecule has 4 heterocycles. The van der Waals surface area contributed by atoms with Crippen LogP contribution in [0.3, 0.4) is 0 Å². The Hall–Kier alpha value is -2.71. The van der Waals surface area contributed by atoms with Crippen LogP contribution in [0.2, 0.25) is 0 Å². The van der Waals surface area contributed by atoms with Crippen LogP contribution in [0.1, 0.15) is 61.5 Å². The lowest BCUT2D eigenvalue weighted by Gasteiger charge is -2.19. The Bertz CT molecular complexity index is 1340. The van der Waals surface area contributed by atoms with Crippen LogP contribution in [0.5, 0.6) is 5.75 Å². The van der Waals surface area contributed by atoms with E-state index in [2.05, 4.69) is 17.2 Å². The summed E-state index contributed by atoms with van der Waals surface area (Å²) in [6.45, 7) is 6.63. The first kappa shape index (κ1) is 22.7. The van der Waals surface area contributed by atoms with E-state index in [0.29, 0.717) is 11.8 Å². The molecule has 182 valence electrons. The predicted octanol–water partition coefficient (Wildman–Crippen LogP) is 5.30. The van der Waals surface area contributed by atoms with Crippen molar-refractivity contribution in [1.82, 2.24) is 15.2 Å². The van der Waals surface area contributed by atoms with Crippen molar-refractivity contribution in [3.8, 4) is 5.75 Å². The van der Waals surface area contributed by atoms with Gasteiger partial charge in [0.15, 0.2) is 0 Å². The van der Waals surface area contributed by atoms with Crippen molar-refractivity contribution in [2.24, 2.45) is 11.8 Å². The van der Waals surface area contributed by atoms with Crippen LogP contribution in [0, 0.1) is 18.8 Å². The zero-order valence-electron chi connectivity index (χ0n) is 20.0. The summed E-state index contributed by atoms with van der Waals surface area (Å²) in [5.74, 6) is 2.09. The minimum Gasteiger partial charge on any atom is -0.484 e. The van der Waals surface area contributed by atoms with Gasteiger partial charge in [0.25, 0.3) is 11.8 Å². The van der Waals surface area contributed by atoms with Gasteiger partial charge in [0.05, 0.1) is 20.7 Å². The maximum absolute atomic E-state index is 13.0. The summed E-state index contributed by atoms with van der Waals surface area (Å²) in [6.07, 6.45) is 9.92. The van der Waals surface area contributed by atoms with E-state index in [1.54, 1.807) is 17.5 Å². The Morgan fingerprint density at radius 2 is 2.11 bits per heavy atom. The third-order valence-corrected chi connectivity index (χ3v) is 9.38. The summed E-state index contributed by atoms with van der Waals surface area (Å²) < 4.78 is 7.33. The summed E-state index contributed by atoms with van der Waals surface area (Å²) in [4.78, 5) is 35.2. The van der Waals surface area contributed by atoms with Gasteiger partial charge in [0, 0.05) is 53.6 Å². The lowest BCUT2D eigenvalue weighted by atomic mass is 9.99. The van der Waals surface area contributed by atoms with Crippen molar-refractivity contribution in [3.05, 3.63) is 50.2 Å². The average Bonchev–Trinajstić information content (AvgIpc) is 3.23. The Balaban J connectivity index is 1.19. The quantitative estimate of drug-likeness (QED) is 0.491. The first-order valence-electron chi connectivity index (χ1n) is 12.4. The van der Waals surface area contributed by atoms with E-state index in [0.717, 1.165) is 69.3 Å². The number of likely N-dealkylation sites (tertiary alicyclic amines) is 1. The maximum atomic E-state index is 13.0. The van der Waals surface area contributed by atoms with Crippen LogP contribution < -0.4 is 10.1 Å². The van der Waals surface area contributed by atoms with E-state index in [-0.39, 0.29) is 17.9 Å². The van der Waals surface area contributed by atoms with Crippen molar-refractivity contribution in [1.29, 1.82) is 0 Å². The molecule has 35 heavy (non-hydrogen) atoms. The molecule has 2 fully saturated rings. The predicted molar refractivity (Wildman–Crippen MR) is 141 cm³/mol. The van der Waals surface area contributed by atoms with Crippen LogP contribution in [-0.2, 0) is 6.42 Å². The number of hydrogen-bond donors (Lipinski definition) is 1. The van der Waals surface area contributed by atoms with Gasteiger partial charge < -0.3 is 15.0 Å². The third kappa shape index (κ3) is 4.49. The normalized spacial score (nSPS) is 21.4. The fraction of sp³-hybridized carbons (Fsp3) is 0.444. The molecule has 1 N–H and O–H groups in total. The monoisotopic (exact) mass is 507 g/mol. The van der Waals surface area contributed by atoms with Crippen molar-refractivity contribution in [2.45, 2.75) is 45.6 Å². The highest BCUT2D eigenvalue weighted by Crippen LogP contribution is 2.37. The number of nitrogens with one attached hydrogen (secondary N) is 1. The van der Waals surface area contributed by atoms with Gasteiger partial charge in [-0.25, -0.2) is 0 Å². The topological polar surface area (TPSA) is 71.5 Å². The number of rotatable bonds is 6. The molecule has 2 amide bonds. The Morgan fingerprint density at radius 1 is 1.26 bits per heavy atom. The molecule has 1 saturated heterocycles. The van der Waals surface area contributed by atoms with E-state index in [1.165, 1.54) is 29.1 Å². The fourth-order valence-corrected chi connectivity index (χ4v) is 7.21. The van der Waals surface area contributed by atoms with Gasteiger partial charge in [-0.1, -0.05) is 13.0 Å². The number of aromatic nitrogens is 1. The zero-order chi connectivity index (χ0) is 24.1. The van der Waals surface area contributed by atoms with Crippen LogP contribution >= 0.6 is 22.7 Å². The summed E-state index contributed by atoms with van der Waals surface area (Å²) in [5, 5.41) is 3.11. The summed E-state index contributed by atoms with van der Waals surface area (Å²) in [6, 6.07) is 3.77. The minimum atomic E-state index is -0.130. The molecule has 2 aliphatic carbocycles. The van der Waals surface area contributed by atoms with E-state index >= 15 is 0 Å². The molecule has 1 aliphatic heterocycles. The number of carbonyl (C=O) groups excluding carboxylic acids is 2. The van der Waals surface area contributed by atoms with Crippen LogP contribution in [0.4, 0.5) is 0 Å². The van der Waals surface area contributed by atoms with Gasteiger partial charge in [-0.3, -0.25) is 14.6 Å². The van der Waals surface area contributed by atoms with Crippen molar-refractivity contribution in [2.75, 3.05) is 19.6 Å². The summed E-state index contributed by atoms with van der Waals surface area (Å²) in [7, 11) is 0.